The molecule has 1 aromatic heterocycles. The third kappa shape index (κ3) is 4.86. The van der Waals surface area contributed by atoms with Gasteiger partial charge in [-0.1, -0.05) is 12.1 Å². The summed E-state index contributed by atoms with van der Waals surface area (Å²) in [5.74, 6) is -2.20. The summed E-state index contributed by atoms with van der Waals surface area (Å²) in [6.07, 6.45) is 1.74. The summed E-state index contributed by atoms with van der Waals surface area (Å²) in [4.78, 5) is 12.1. The maximum Gasteiger partial charge on any atom is 0.311 e. The van der Waals surface area contributed by atoms with Gasteiger partial charge in [0.05, 0.1) is 16.5 Å². The molecule has 3 aromatic rings. The smallest absolute Gasteiger partial charge is 0.311 e. The van der Waals surface area contributed by atoms with E-state index in [0.29, 0.717) is 34.6 Å². The molecule has 3 rings (SSSR count). The number of nitrogens with zero attached hydrogens (tertiary/aromatic N) is 1. The van der Waals surface area contributed by atoms with E-state index in [1.807, 2.05) is 4.57 Å². The Bertz CT molecular complexity index is 1180. The quantitative estimate of drug-likeness (QED) is 0.548. The molecule has 0 bridgehead atoms. The van der Waals surface area contributed by atoms with Gasteiger partial charge in [0.1, 0.15) is 5.82 Å². The third-order valence-corrected chi connectivity index (χ3v) is 6.40. The fourth-order valence-electron chi connectivity index (χ4n) is 3.69. The van der Waals surface area contributed by atoms with Crippen molar-refractivity contribution in [2.24, 2.45) is 0 Å². The van der Waals surface area contributed by atoms with Crippen LogP contribution in [0.25, 0.3) is 16.9 Å². The molecule has 0 aliphatic carbocycles. The van der Waals surface area contributed by atoms with Gasteiger partial charge in [-0.15, -0.1) is 0 Å². The molecule has 0 aliphatic rings. The van der Waals surface area contributed by atoms with Gasteiger partial charge < -0.3 is 14.8 Å². The first-order valence-electron chi connectivity index (χ1n) is 9.76. The van der Waals surface area contributed by atoms with Crippen LogP contribution in [0.4, 0.5) is 4.39 Å². The molecule has 1 unspecified atom stereocenters. The van der Waals surface area contributed by atoms with Crippen molar-refractivity contribution in [1.82, 2.24) is 4.57 Å². The summed E-state index contributed by atoms with van der Waals surface area (Å²) in [5.41, 5.74) is 3.28. The lowest BCUT2D eigenvalue weighted by Crippen LogP contribution is -2.13. The minimum absolute atomic E-state index is 0.110. The summed E-state index contributed by atoms with van der Waals surface area (Å²) in [7, 11) is -3.36. The fraction of sp³-hybridized carbons (Fsp3) is 0.261. The number of hydrogen-bond acceptors (Lipinski definition) is 4. The van der Waals surface area contributed by atoms with Crippen molar-refractivity contribution in [1.29, 1.82) is 0 Å². The Morgan fingerprint density at radius 2 is 1.71 bits per heavy atom. The predicted octanol–water partition coefficient (Wildman–Crippen LogP) is 3.94. The van der Waals surface area contributed by atoms with E-state index < -0.39 is 21.7 Å². The Morgan fingerprint density at radius 3 is 2.23 bits per heavy atom. The summed E-state index contributed by atoms with van der Waals surface area (Å²) in [6, 6.07) is 14.0. The van der Waals surface area contributed by atoms with E-state index in [1.54, 1.807) is 37.3 Å². The average molecular weight is 446 g/mol. The van der Waals surface area contributed by atoms with E-state index in [-0.39, 0.29) is 23.7 Å². The number of rotatable bonds is 8. The SMILES string of the molecule is Cc1c(C(CCCO)C(=O)O)cc(-c2ccc(S(C)(=O)=O)cc2)n1-c1ccc(F)cc1. The van der Waals surface area contributed by atoms with Gasteiger partial charge in [0.25, 0.3) is 0 Å². The van der Waals surface area contributed by atoms with Gasteiger partial charge in [0.2, 0.25) is 0 Å². The van der Waals surface area contributed by atoms with Crippen LogP contribution in [0.3, 0.4) is 0 Å². The second-order valence-corrected chi connectivity index (χ2v) is 9.45. The summed E-state index contributed by atoms with van der Waals surface area (Å²) in [6.45, 7) is 1.68. The Hall–Kier alpha value is -2.97. The lowest BCUT2D eigenvalue weighted by molar-refractivity contribution is -0.139. The molecule has 0 saturated heterocycles. The molecule has 31 heavy (non-hydrogen) atoms. The molecule has 1 atom stereocenters. The molecular weight excluding hydrogens is 421 g/mol. The lowest BCUT2D eigenvalue weighted by atomic mass is 9.94. The number of benzene rings is 2. The summed E-state index contributed by atoms with van der Waals surface area (Å²) < 4.78 is 38.9. The summed E-state index contributed by atoms with van der Waals surface area (Å²) in [5, 5.41) is 18.9. The maximum atomic E-state index is 13.5. The number of aliphatic hydroxyl groups is 1. The third-order valence-electron chi connectivity index (χ3n) is 5.27. The van der Waals surface area contributed by atoms with Crippen molar-refractivity contribution < 1.29 is 27.8 Å². The van der Waals surface area contributed by atoms with Crippen molar-refractivity contribution in [3.8, 4) is 16.9 Å². The van der Waals surface area contributed by atoms with Gasteiger partial charge in [-0.05, 0) is 73.4 Å². The second kappa shape index (κ2) is 9.03. The number of carboxylic acid groups (broad SMARTS) is 1. The van der Waals surface area contributed by atoms with Crippen molar-refractivity contribution in [2.75, 3.05) is 12.9 Å². The molecule has 0 amide bonds. The van der Waals surface area contributed by atoms with Gasteiger partial charge in [-0.25, -0.2) is 12.8 Å². The minimum Gasteiger partial charge on any atom is -0.481 e. The topological polar surface area (TPSA) is 96.6 Å². The molecule has 0 spiro atoms. The second-order valence-electron chi connectivity index (χ2n) is 7.44. The van der Waals surface area contributed by atoms with E-state index >= 15 is 0 Å². The van der Waals surface area contributed by atoms with E-state index in [2.05, 4.69) is 0 Å². The zero-order chi connectivity index (χ0) is 22.8. The Balaban J connectivity index is 2.21. The maximum absolute atomic E-state index is 13.5. The molecule has 1 heterocycles. The molecule has 0 radical (unpaired) electrons. The molecular formula is C23H24FNO5S. The number of carbonyl (C=O) groups is 1. The van der Waals surface area contributed by atoms with E-state index in [1.165, 1.54) is 24.3 Å². The van der Waals surface area contributed by atoms with Crippen LogP contribution in [0.2, 0.25) is 0 Å². The van der Waals surface area contributed by atoms with Crippen LogP contribution in [0.5, 0.6) is 0 Å². The van der Waals surface area contributed by atoms with Crippen LogP contribution in [0, 0.1) is 12.7 Å². The molecule has 2 aromatic carbocycles. The molecule has 164 valence electrons. The number of carboxylic acids is 1. The number of sulfone groups is 1. The first-order valence-corrected chi connectivity index (χ1v) is 11.6. The van der Waals surface area contributed by atoms with E-state index in [4.69, 9.17) is 5.11 Å². The van der Waals surface area contributed by atoms with Crippen molar-refractivity contribution in [2.45, 2.75) is 30.6 Å². The fourth-order valence-corrected chi connectivity index (χ4v) is 4.32. The van der Waals surface area contributed by atoms with Crippen LogP contribution in [0.1, 0.15) is 30.0 Å². The number of hydrogen-bond donors (Lipinski definition) is 2. The standard InChI is InChI=1S/C23H24FNO5S/c1-15-21(20(23(27)28)4-3-13-26)14-22(25(15)18-9-7-17(24)8-10-18)16-5-11-19(12-6-16)31(2,29)30/h5-12,14,20,26H,3-4,13H2,1-2H3,(H,27,28). The van der Waals surface area contributed by atoms with Crippen LogP contribution in [0.15, 0.2) is 59.5 Å². The van der Waals surface area contributed by atoms with Gasteiger partial charge in [-0.3, -0.25) is 4.79 Å². The average Bonchev–Trinajstić information content (AvgIpc) is 3.05. The molecule has 0 aliphatic heterocycles. The minimum atomic E-state index is -3.36. The highest BCUT2D eigenvalue weighted by molar-refractivity contribution is 7.90. The van der Waals surface area contributed by atoms with Gasteiger partial charge >= 0.3 is 5.97 Å². The van der Waals surface area contributed by atoms with Crippen LogP contribution < -0.4 is 0 Å². The Labute approximate surface area is 180 Å². The van der Waals surface area contributed by atoms with Gasteiger partial charge in [-0.2, -0.15) is 0 Å². The number of aliphatic carboxylic acids is 1. The normalized spacial score (nSPS) is 12.6. The Morgan fingerprint density at radius 1 is 1.10 bits per heavy atom. The molecule has 0 saturated carbocycles. The van der Waals surface area contributed by atoms with Crippen molar-refractivity contribution >= 4 is 15.8 Å². The van der Waals surface area contributed by atoms with Crippen LogP contribution >= 0.6 is 0 Å². The number of aromatic nitrogens is 1. The molecule has 8 heteroatoms. The highest BCUT2D eigenvalue weighted by atomic mass is 32.2. The zero-order valence-electron chi connectivity index (χ0n) is 17.2. The Kier molecular flexibility index (Phi) is 6.62. The number of halogens is 1. The molecule has 2 N–H and O–H groups in total. The zero-order valence-corrected chi connectivity index (χ0v) is 18.1. The number of aliphatic hydroxyl groups excluding tert-OH is 1. The van der Waals surface area contributed by atoms with E-state index in [0.717, 1.165) is 6.26 Å². The van der Waals surface area contributed by atoms with Crippen LogP contribution in [-0.2, 0) is 14.6 Å². The summed E-state index contributed by atoms with van der Waals surface area (Å²) >= 11 is 0. The van der Waals surface area contributed by atoms with Crippen LogP contribution in [-0.4, -0.2) is 42.0 Å². The predicted molar refractivity (Wildman–Crippen MR) is 116 cm³/mol. The first-order chi connectivity index (χ1) is 14.6. The lowest BCUT2D eigenvalue weighted by Gasteiger charge is -2.15. The van der Waals surface area contributed by atoms with Crippen molar-refractivity contribution in [3.63, 3.8) is 0 Å². The van der Waals surface area contributed by atoms with E-state index in [9.17, 15) is 22.7 Å². The first kappa shape index (κ1) is 22.7. The van der Waals surface area contributed by atoms with Crippen molar-refractivity contribution in [3.05, 3.63) is 71.7 Å². The van der Waals surface area contributed by atoms with Gasteiger partial charge in [0.15, 0.2) is 9.84 Å². The highest BCUT2D eigenvalue weighted by Gasteiger charge is 2.26. The van der Waals surface area contributed by atoms with Gasteiger partial charge in [0, 0.05) is 24.2 Å². The highest BCUT2D eigenvalue weighted by Crippen LogP contribution is 2.35. The molecule has 0 fully saturated rings. The largest absolute Gasteiger partial charge is 0.481 e. The molecule has 6 nitrogen and oxygen atoms in total. The monoisotopic (exact) mass is 445 g/mol.